The summed E-state index contributed by atoms with van der Waals surface area (Å²) in [6.07, 6.45) is 0.0516. The third kappa shape index (κ3) is 2.22. The smallest absolute Gasteiger partial charge is 0.344 e. The molecule has 1 aromatic rings. The van der Waals surface area contributed by atoms with Crippen molar-refractivity contribution in [1.82, 2.24) is 9.97 Å². The Labute approximate surface area is 97.0 Å². The van der Waals surface area contributed by atoms with Crippen LogP contribution >= 0.6 is 0 Å². The summed E-state index contributed by atoms with van der Waals surface area (Å²) in [6.45, 7) is -0.297. The highest BCUT2D eigenvalue weighted by Crippen LogP contribution is 2.34. The highest BCUT2D eigenvalue weighted by molar-refractivity contribution is 5.13. The Bertz CT molecular complexity index is 414. The van der Waals surface area contributed by atoms with Crippen molar-refractivity contribution < 1.29 is 19.7 Å². The van der Waals surface area contributed by atoms with E-state index >= 15 is 0 Å². The number of aromatic amines is 1. The normalized spacial score (nSPS) is 32.9. The van der Waals surface area contributed by atoms with E-state index in [1.54, 1.807) is 0 Å². The number of rotatable bonds is 3. The minimum atomic E-state index is -0.915. The van der Waals surface area contributed by atoms with Gasteiger partial charge in [-0.3, -0.25) is 0 Å². The van der Waals surface area contributed by atoms with Crippen LogP contribution in [0.25, 0.3) is 0 Å². The summed E-state index contributed by atoms with van der Waals surface area (Å²) in [5, 5.41) is 18.9. The average molecular weight is 242 g/mol. The van der Waals surface area contributed by atoms with E-state index < -0.39 is 30.1 Å². The molecule has 1 fully saturated rings. The lowest BCUT2D eigenvalue weighted by molar-refractivity contribution is -0.0236. The van der Waals surface area contributed by atoms with Crippen LogP contribution in [0.3, 0.4) is 0 Å². The maximum absolute atomic E-state index is 10.8. The molecule has 0 saturated carbocycles. The first kappa shape index (κ1) is 12.2. The Morgan fingerprint density at radius 2 is 2.41 bits per heavy atom. The van der Waals surface area contributed by atoms with Crippen LogP contribution in [-0.2, 0) is 9.47 Å². The molecule has 4 atom stereocenters. The van der Waals surface area contributed by atoms with Gasteiger partial charge in [-0.25, -0.2) is 9.78 Å². The quantitative estimate of drug-likeness (QED) is 0.600. The lowest BCUT2D eigenvalue weighted by Gasteiger charge is -2.18. The van der Waals surface area contributed by atoms with Crippen molar-refractivity contribution >= 4 is 0 Å². The van der Waals surface area contributed by atoms with Gasteiger partial charge in [-0.05, 0) is 0 Å². The summed E-state index contributed by atoms with van der Waals surface area (Å²) < 4.78 is 10.6. The van der Waals surface area contributed by atoms with E-state index in [1.165, 1.54) is 19.5 Å². The van der Waals surface area contributed by atoms with Crippen molar-refractivity contribution in [1.29, 1.82) is 0 Å². The van der Waals surface area contributed by atoms with Gasteiger partial charge in [0.05, 0.1) is 6.61 Å². The summed E-state index contributed by atoms with van der Waals surface area (Å²) in [5.41, 5.74) is 0.131. The van der Waals surface area contributed by atoms with E-state index in [4.69, 9.17) is 14.6 Å². The van der Waals surface area contributed by atoms with Crippen LogP contribution in [0.1, 0.15) is 11.7 Å². The topological polar surface area (TPSA) is 105 Å². The number of nitrogens with zero attached hydrogens (tertiary/aromatic N) is 1. The molecule has 0 radical (unpaired) electrons. The van der Waals surface area contributed by atoms with Crippen molar-refractivity contribution in [3.8, 4) is 0 Å². The van der Waals surface area contributed by atoms with Crippen LogP contribution in [0, 0.1) is 0 Å². The zero-order valence-electron chi connectivity index (χ0n) is 9.24. The fraction of sp³-hybridized carbons (Fsp3) is 0.600. The fourth-order valence-corrected chi connectivity index (χ4v) is 1.93. The molecule has 2 rings (SSSR count). The lowest BCUT2D eigenvalue weighted by atomic mass is 10.0. The number of ether oxygens (including phenoxy) is 2. The van der Waals surface area contributed by atoms with Gasteiger partial charge in [0, 0.05) is 25.1 Å². The van der Waals surface area contributed by atoms with Crippen molar-refractivity contribution in [2.45, 2.75) is 24.4 Å². The molecule has 0 aromatic carbocycles. The molecule has 1 saturated heterocycles. The molecule has 1 aromatic heterocycles. The summed E-state index contributed by atoms with van der Waals surface area (Å²) in [4.78, 5) is 16.8. The van der Waals surface area contributed by atoms with Gasteiger partial charge in [0.2, 0.25) is 0 Å². The second-order valence-corrected chi connectivity index (χ2v) is 3.82. The Morgan fingerprint density at radius 3 is 2.94 bits per heavy atom. The SMILES string of the molecule is CO[C@H]1C(O)[C@@H](CO)O[C@H]1c1cnc(=O)[nH]c1. The number of aliphatic hydroxyl groups excluding tert-OH is 2. The first-order valence-electron chi connectivity index (χ1n) is 5.19. The number of hydrogen-bond donors (Lipinski definition) is 3. The highest BCUT2D eigenvalue weighted by Gasteiger charge is 2.44. The van der Waals surface area contributed by atoms with Crippen molar-refractivity contribution in [2.24, 2.45) is 0 Å². The minimum absolute atomic E-state index is 0.297. The Balaban J connectivity index is 2.25. The third-order valence-electron chi connectivity index (χ3n) is 2.81. The van der Waals surface area contributed by atoms with Gasteiger partial charge in [0.1, 0.15) is 24.4 Å². The van der Waals surface area contributed by atoms with Gasteiger partial charge in [-0.15, -0.1) is 0 Å². The Kier molecular flexibility index (Phi) is 3.53. The van der Waals surface area contributed by atoms with Crippen LogP contribution in [-0.4, -0.2) is 52.2 Å². The second kappa shape index (κ2) is 4.92. The predicted octanol–water partition coefficient (Wildman–Crippen LogP) is -1.42. The molecule has 7 nitrogen and oxygen atoms in total. The average Bonchev–Trinajstić information content (AvgIpc) is 2.66. The molecule has 0 spiro atoms. The fourth-order valence-electron chi connectivity index (χ4n) is 1.93. The van der Waals surface area contributed by atoms with Gasteiger partial charge < -0.3 is 24.7 Å². The van der Waals surface area contributed by atoms with Crippen LogP contribution in [0.15, 0.2) is 17.2 Å². The number of H-pyrrole nitrogens is 1. The molecule has 0 amide bonds. The molecular weight excluding hydrogens is 228 g/mol. The van der Waals surface area contributed by atoms with Crippen LogP contribution in [0.4, 0.5) is 0 Å². The van der Waals surface area contributed by atoms with Crippen LogP contribution < -0.4 is 5.69 Å². The van der Waals surface area contributed by atoms with Crippen molar-refractivity contribution in [2.75, 3.05) is 13.7 Å². The zero-order chi connectivity index (χ0) is 12.4. The molecule has 1 aliphatic heterocycles. The van der Waals surface area contributed by atoms with Gasteiger partial charge in [0.25, 0.3) is 0 Å². The summed E-state index contributed by atoms with van der Waals surface area (Å²) in [6, 6.07) is 0. The minimum Gasteiger partial charge on any atom is -0.394 e. The Morgan fingerprint density at radius 1 is 1.65 bits per heavy atom. The standard InChI is InChI=1S/C10H14N2O5/c1-16-9-7(14)6(4-13)17-8(9)5-2-11-10(15)12-3-5/h2-3,6-9,13-14H,4H2,1H3,(H,11,12,15)/t6-,7?,8+,9+/m1/s1. The van der Waals surface area contributed by atoms with E-state index in [2.05, 4.69) is 9.97 Å². The van der Waals surface area contributed by atoms with E-state index in [-0.39, 0.29) is 6.61 Å². The summed E-state index contributed by atoms with van der Waals surface area (Å²) in [5.74, 6) is 0. The van der Waals surface area contributed by atoms with E-state index in [0.29, 0.717) is 5.56 Å². The molecule has 1 unspecified atom stereocenters. The van der Waals surface area contributed by atoms with Crippen molar-refractivity contribution in [3.63, 3.8) is 0 Å². The first-order valence-corrected chi connectivity index (χ1v) is 5.19. The zero-order valence-corrected chi connectivity index (χ0v) is 9.24. The van der Waals surface area contributed by atoms with Gasteiger partial charge in [-0.2, -0.15) is 0 Å². The molecule has 1 aliphatic rings. The Hall–Kier alpha value is -1.28. The molecule has 7 heteroatoms. The van der Waals surface area contributed by atoms with E-state index in [9.17, 15) is 9.90 Å². The maximum atomic E-state index is 10.8. The molecule has 0 bridgehead atoms. The van der Waals surface area contributed by atoms with E-state index in [0.717, 1.165) is 0 Å². The highest BCUT2D eigenvalue weighted by atomic mass is 16.6. The number of nitrogens with one attached hydrogen (secondary N) is 1. The number of hydrogen-bond acceptors (Lipinski definition) is 6. The van der Waals surface area contributed by atoms with Gasteiger partial charge in [-0.1, -0.05) is 0 Å². The first-order chi connectivity index (χ1) is 8.17. The molecular formula is C10H14N2O5. The van der Waals surface area contributed by atoms with Crippen molar-refractivity contribution in [3.05, 3.63) is 28.4 Å². The molecule has 94 valence electrons. The second-order valence-electron chi connectivity index (χ2n) is 3.82. The summed E-state index contributed by atoms with van der Waals surface area (Å²) >= 11 is 0. The van der Waals surface area contributed by atoms with Crippen LogP contribution in [0.2, 0.25) is 0 Å². The maximum Gasteiger partial charge on any atom is 0.344 e. The molecule has 2 heterocycles. The molecule has 3 N–H and O–H groups in total. The third-order valence-corrected chi connectivity index (χ3v) is 2.81. The monoisotopic (exact) mass is 242 g/mol. The number of methoxy groups -OCH3 is 1. The summed E-state index contributed by atoms with van der Waals surface area (Å²) in [7, 11) is 1.45. The van der Waals surface area contributed by atoms with E-state index in [1.807, 2.05) is 0 Å². The molecule has 17 heavy (non-hydrogen) atoms. The van der Waals surface area contributed by atoms with Crippen LogP contribution in [0.5, 0.6) is 0 Å². The number of aromatic nitrogens is 2. The largest absolute Gasteiger partial charge is 0.394 e. The van der Waals surface area contributed by atoms with Gasteiger partial charge in [0.15, 0.2) is 0 Å². The molecule has 0 aliphatic carbocycles. The lowest BCUT2D eigenvalue weighted by Crippen LogP contribution is -2.33. The number of aliphatic hydroxyl groups is 2. The predicted molar refractivity (Wildman–Crippen MR) is 56.4 cm³/mol. The van der Waals surface area contributed by atoms with Gasteiger partial charge >= 0.3 is 5.69 Å².